The van der Waals surface area contributed by atoms with Gasteiger partial charge in [0.25, 0.3) is 0 Å². The van der Waals surface area contributed by atoms with Crippen molar-refractivity contribution in [2.24, 2.45) is 5.92 Å². The standard InChI is InChI=1S/C22H23NO3/c1-3-26-22(24)15-9-12-20-19(13-15)17-5-4-6-18(17)21(23-20)14-7-10-16(25-2)11-8-14/h4-5,7-13,17-18,21,23H,3,6H2,1-2H3/t17-,18+,21+/m1/s1. The van der Waals surface area contributed by atoms with Gasteiger partial charge in [0, 0.05) is 11.6 Å². The summed E-state index contributed by atoms with van der Waals surface area (Å²) in [6.45, 7) is 2.22. The highest BCUT2D eigenvalue weighted by Crippen LogP contribution is 2.50. The Kier molecular flexibility index (Phi) is 4.41. The second kappa shape index (κ2) is 6.87. The number of carbonyl (C=O) groups is 1. The molecule has 1 heterocycles. The highest BCUT2D eigenvalue weighted by Gasteiger charge is 2.38. The van der Waals surface area contributed by atoms with E-state index in [0.29, 0.717) is 24.0 Å². The van der Waals surface area contributed by atoms with Crippen molar-refractivity contribution < 1.29 is 14.3 Å². The average molecular weight is 349 g/mol. The van der Waals surface area contributed by atoms with Gasteiger partial charge in [-0.25, -0.2) is 4.79 Å². The Morgan fingerprint density at radius 3 is 2.73 bits per heavy atom. The summed E-state index contributed by atoms with van der Waals surface area (Å²) in [5, 5.41) is 3.69. The lowest BCUT2D eigenvalue weighted by atomic mass is 9.76. The zero-order valence-corrected chi connectivity index (χ0v) is 15.1. The summed E-state index contributed by atoms with van der Waals surface area (Å²) < 4.78 is 10.4. The van der Waals surface area contributed by atoms with Gasteiger partial charge in [-0.1, -0.05) is 24.3 Å². The molecule has 0 radical (unpaired) electrons. The Morgan fingerprint density at radius 1 is 1.19 bits per heavy atom. The fraction of sp³-hybridized carbons (Fsp3) is 0.318. The quantitative estimate of drug-likeness (QED) is 0.642. The van der Waals surface area contributed by atoms with Crippen molar-refractivity contribution in [2.45, 2.75) is 25.3 Å². The average Bonchev–Trinajstić information content (AvgIpc) is 3.17. The summed E-state index contributed by atoms with van der Waals surface area (Å²) in [4.78, 5) is 12.1. The van der Waals surface area contributed by atoms with E-state index < -0.39 is 0 Å². The highest BCUT2D eigenvalue weighted by atomic mass is 16.5. The topological polar surface area (TPSA) is 47.6 Å². The lowest BCUT2D eigenvalue weighted by Gasteiger charge is -2.37. The van der Waals surface area contributed by atoms with Gasteiger partial charge in [0.05, 0.1) is 25.3 Å². The van der Waals surface area contributed by atoms with Crippen LogP contribution in [-0.2, 0) is 4.74 Å². The van der Waals surface area contributed by atoms with Gasteiger partial charge in [-0.3, -0.25) is 0 Å². The van der Waals surface area contributed by atoms with Crippen LogP contribution in [0.5, 0.6) is 5.75 Å². The van der Waals surface area contributed by atoms with E-state index in [0.717, 1.165) is 17.9 Å². The Hall–Kier alpha value is -2.75. The largest absolute Gasteiger partial charge is 0.497 e. The number of methoxy groups -OCH3 is 1. The van der Waals surface area contributed by atoms with Crippen molar-refractivity contribution in [2.75, 3.05) is 19.0 Å². The number of hydrogen-bond donors (Lipinski definition) is 1. The minimum absolute atomic E-state index is 0.238. The van der Waals surface area contributed by atoms with Crippen LogP contribution in [0.2, 0.25) is 0 Å². The molecule has 0 amide bonds. The van der Waals surface area contributed by atoms with Crippen LogP contribution in [0.3, 0.4) is 0 Å². The monoisotopic (exact) mass is 349 g/mol. The van der Waals surface area contributed by atoms with Crippen LogP contribution in [0.4, 0.5) is 5.69 Å². The van der Waals surface area contributed by atoms with Gasteiger partial charge in [0.1, 0.15) is 5.75 Å². The predicted octanol–water partition coefficient (Wildman–Crippen LogP) is 4.70. The first-order valence-corrected chi connectivity index (χ1v) is 9.09. The molecule has 1 aliphatic heterocycles. The minimum atomic E-state index is -0.258. The number of benzene rings is 2. The van der Waals surface area contributed by atoms with Gasteiger partial charge in [-0.2, -0.15) is 0 Å². The molecule has 2 aromatic carbocycles. The number of nitrogens with one attached hydrogen (secondary N) is 1. The zero-order chi connectivity index (χ0) is 18.1. The van der Waals surface area contributed by atoms with Crippen molar-refractivity contribution in [1.82, 2.24) is 0 Å². The number of allylic oxidation sites excluding steroid dienone is 2. The third kappa shape index (κ3) is 2.85. The molecule has 3 atom stereocenters. The van der Waals surface area contributed by atoms with E-state index in [2.05, 4.69) is 29.6 Å². The minimum Gasteiger partial charge on any atom is -0.497 e. The van der Waals surface area contributed by atoms with Crippen LogP contribution in [0.1, 0.15) is 46.8 Å². The number of carbonyl (C=O) groups excluding carboxylic acids is 1. The zero-order valence-electron chi connectivity index (χ0n) is 15.1. The smallest absolute Gasteiger partial charge is 0.338 e. The van der Waals surface area contributed by atoms with Gasteiger partial charge in [-0.05, 0) is 60.7 Å². The van der Waals surface area contributed by atoms with Crippen molar-refractivity contribution in [3.8, 4) is 5.75 Å². The number of fused-ring (bicyclic) bond motifs is 3. The maximum absolute atomic E-state index is 12.1. The Labute approximate surface area is 153 Å². The first-order valence-electron chi connectivity index (χ1n) is 9.09. The van der Waals surface area contributed by atoms with Gasteiger partial charge in [-0.15, -0.1) is 0 Å². The molecule has 26 heavy (non-hydrogen) atoms. The van der Waals surface area contributed by atoms with Crippen molar-refractivity contribution in [3.63, 3.8) is 0 Å². The van der Waals surface area contributed by atoms with Crippen LogP contribution in [0.15, 0.2) is 54.6 Å². The van der Waals surface area contributed by atoms with Gasteiger partial charge in [0.15, 0.2) is 0 Å². The number of hydrogen-bond acceptors (Lipinski definition) is 4. The van der Waals surface area contributed by atoms with Crippen LogP contribution in [0, 0.1) is 5.92 Å². The van der Waals surface area contributed by atoms with Crippen LogP contribution >= 0.6 is 0 Å². The van der Waals surface area contributed by atoms with E-state index in [-0.39, 0.29) is 12.0 Å². The third-order valence-corrected chi connectivity index (χ3v) is 5.35. The molecular weight excluding hydrogens is 326 g/mol. The molecule has 134 valence electrons. The fourth-order valence-corrected chi connectivity index (χ4v) is 4.08. The Balaban J connectivity index is 1.68. The number of ether oxygens (including phenoxy) is 2. The highest BCUT2D eigenvalue weighted by molar-refractivity contribution is 5.90. The summed E-state index contributed by atoms with van der Waals surface area (Å²) in [6, 6.07) is 14.3. The van der Waals surface area contributed by atoms with E-state index >= 15 is 0 Å². The van der Waals surface area contributed by atoms with Crippen molar-refractivity contribution in [1.29, 1.82) is 0 Å². The summed E-state index contributed by atoms with van der Waals surface area (Å²) in [5.41, 5.74) is 4.14. The van der Waals surface area contributed by atoms with E-state index in [1.54, 1.807) is 7.11 Å². The van der Waals surface area contributed by atoms with E-state index in [9.17, 15) is 4.79 Å². The third-order valence-electron chi connectivity index (χ3n) is 5.35. The lowest BCUT2D eigenvalue weighted by Crippen LogP contribution is -2.29. The normalized spacial score (nSPS) is 22.9. The fourth-order valence-electron chi connectivity index (χ4n) is 4.08. The maximum Gasteiger partial charge on any atom is 0.338 e. The van der Waals surface area contributed by atoms with Gasteiger partial charge in [0.2, 0.25) is 0 Å². The van der Waals surface area contributed by atoms with Gasteiger partial charge < -0.3 is 14.8 Å². The molecule has 0 fully saturated rings. The SMILES string of the molecule is CCOC(=O)c1ccc2c(c1)[C@@H]1C=CC[C@@H]1[C@H](c1ccc(OC)cc1)N2. The van der Waals surface area contributed by atoms with E-state index in [1.807, 2.05) is 37.3 Å². The van der Waals surface area contributed by atoms with Gasteiger partial charge >= 0.3 is 5.97 Å². The molecule has 4 rings (SSSR count). The summed E-state index contributed by atoms with van der Waals surface area (Å²) in [6.07, 6.45) is 5.55. The first kappa shape index (κ1) is 16.7. The molecular formula is C22H23NO3. The first-order chi connectivity index (χ1) is 12.7. The second-order valence-corrected chi connectivity index (χ2v) is 6.77. The molecule has 4 heteroatoms. The predicted molar refractivity (Wildman–Crippen MR) is 102 cm³/mol. The maximum atomic E-state index is 12.1. The van der Waals surface area contributed by atoms with Crippen molar-refractivity contribution >= 4 is 11.7 Å². The number of esters is 1. The van der Waals surface area contributed by atoms with E-state index in [4.69, 9.17) is 9.47 Å². The summed E-state index contributed by atoms with van der Waals surface area (Å²) in [7, 11) is 1.68. The Morgan fingerprint density at radius 2 is 2.00 bits per heavy atom. The number of rotatable bonds is 4. The molecule has 0 saturated carbocycles. The summed E-state index contributed by atoms with van der Waals surface area (Å²) in [5.74, 6) is 1.36. The van der Waals surface area contributed by atoms with Crippen LogP contribution in [0.25, 0.3) is 0 Å². The second-order valence-electron chi connectivity index (χ2n) is 6.77. The molecule has 2 aromatic rings. The molecule has 1 aliphatic carbocycles. The molecule has 4 nitrogen and oxygen atoms in total. The van der Waals surface area contributed by atoms with Crippen molar-refractivity contribution in [3.05, 3.63) is 71.3 Å². The molecule has 1 N–H and O–H groups in total. The lowest BCUT2D eigenvalue weighted by molar-refractivity contribution is 0.0526. The molecule has 0 saturated heterocycles. The molecule has 0 unspecified atom stereocenters. The van der Waals surface area contributed by atoms with Crippen LogP contribution < -0.4 is 10.1 Å². The van der Waals surface area contributed by atoms with Crippen LogP contribution in [-0.4, -0.2) is 19.7 Å². The molecule has 0 aromatic heterocycles. The van der Waals surface area contributed by atoms with E-state index in [1.165, 1.54) is 11.1 Å². The Bertz CT molecular complexity index is 841. The summed E-state index contributed by atoms with van der Waals surface area (Å²) >= 11 is 0. The number of anilines is 1. The molecule has 0 bridgehead atoms. The molecule has 2 aliphatic rings. The molecule has 0 spiro atoms.